The Hall–Kier alpha value is -2.97. The van der Waals surface area contributed by atoms with E-state index in [-0.39, 0.29) is 18.5 Å². The molecule has 0 radical (unpaired) electrons. The molecule has 9 heteroatoms. The lowest BCUT2D eigenvalue weighted by Gasteiger charge is -2.35. The van der Waals surface area contributed by atoms with Gasteiger partial charge in [0.2, 0.25) is 5.91 Å². The van der Waals surface area contributed by atoms with Gasteiger partial charge < -0.3 is 14.5 Å². The first kappa shape index (κ1) is 16.5. The van der Waals surface area contributed by atoms with Crippen LogP contribution >= 0.6 is 0 Å². The van der Waals surface area contributed by atoms with Crippen LogP contribution in [-0.4, -0.2) is 46.0 Å². The molecule has 0 saturated heterocycles. The predicted molar refractivity (Wildman–Crippen MR) is 93.2 cm³/mol. The first-order valence-electron chi connectivity index (χ1n) is 8.72. The Kier molecular flexibility index (Phi) is 4.27. The first-order chi connectivity index (χ1) is 12.6. The van der Waals surface area contributed by atoms with Crippen molar-refractivity contribution in [3.63, 3.8) is 0 Å². The second-order valence-electron chi connectivity index (χ2n) is 6.83. The molecule has 1 aliphatic carbocycles. The van der Waals surface area contributed by atoms with Crippen molar-refractivity contribution in [1.82, 2.24) is 39.4 Å². The number of nitrogens with one attached hydrogen (secondary N) is 1. The van der Waals surface area contributed by atoms with E-state index < -0.39 is 0 Å². The SMILES string of the molecule is Cc1ccnn1CC(=O)NC1CC(c2nnc(Cn3ccnc3)n2C)C1. The number of carbonyl (C=O) groups excluding carboxylic acids is 1. The first-order valence-corrected chi connectivity index (χ1v) is 8.72. The quantitative estimate of drug-likeness (QED) is 0.700. The van der Waals surface area contributed by atoms with E-state index in [1.807, 2.05) is 30.8 Å². The molecule has 1 N–H and O–H groups in total. The van der Waals surface area contributed by atoms with E-state index in [2.05, 4.69) is 30.2 Å². The van der Waals surface area contributed by atoms with E-state index in [9.17, 15) is 4.79 Å². The molecule has 0 bridgehead atoms. The van der Waals surface area contributed by atoms with Gasteiger partial charge in [-0.25, -0.2) is 4.98 Å². The minimum Gasteiger partial charge on any atom is -0.352 e. The van der Waals surface area contributed by atoms with Crippen molar-refractivity contribution in [3.05, 3.63) is 48.3 Å². The van der Waals surface area contributed by atoms with Crippen LogP contribution in [-0.2, 0) is 24.9 Å². The molecule has 3 aromatic rings. The van der Waals surface area contributed by atoms with Gasteiger partial charge in [0, 0.05) is 43.3 Å². The molecule has 1 fully saturated rings. The molecule has 3 heterocycles. The van der Waals surface area contributed by atoms with Crippen molar-refractivity contribution < 1.29 is 4.79 Å². The molecule has 4 rings (SSSR count). The van der Waals surface area contributed by atoms with Crippen LogP contribution in [0.3, 0.4) is 0 Å². The van der Waals surface area contributed by atoms with Gasteiger partial charge in [-0.3, -0.25) is 9.48 Å². The summed E-state index contributed by atoms with van der Waals surface area (Å²) < 4.78 is 5.72. The minimum absolute atomic E-state index is 0.000915. The lowest BCUT2D eigenvalue weighted by Crippen LogP contribution is -2.45. The van der Waals surface area contributed by atoms with Gasteiger partial charge in [0.15, 0.2) is 5.82 Å². The third kappa shape index (κ3) is 3.24. The molecule has 3 aromatic heterocycles. The highest BCUT2D eigenvalue weighted by molar-refractivity contribution is 5.76. The van der Waals surface area contributed by atoms with Crippen molar-refractivity contribution in [3.8, 4) is 0 Å². The maximum Gasteiger partial charge on any atom is 0.241 e. The number of carbonyl (C=O) groups is 1. The molecule has 1 amide bonds. The average Bonchev–Trinajstić information content (AvgIpc) is 3.29. The molecular formula is C17H22N8O. The average molecular weight is 354 g/mol. The van der Waals surface area contributed by atoms with Crippen LogP contribution in [0, 0.1) is 6.92 Å². The van der Waals surface area contributed by atoms with E-state index >= 15 is 0 Å². The summed E-state index contributed by atoms with van der Waals surface area (Å²) in [5, 5.41) is 15.9. The number of hydrogen-bond donors (Lipinski definition) is 1. The van der Waals surface area contributed by atoms with E-state index in [4.69, 9.17) is 0 Å². The minimum atomic E-state index is -0.000915. The number of aromatic nitrogens is 7. The van der Waals surface area contributed by atoms with Crippen LogP contribution in [0.5, 0.6) is 0 Å². The van der Waals surface area contributed by atoms with Gasteiger partial charge in [-0.2, -0.15) is 5.10 Å². The van der Waals surface area contributed by atoms with Gasteiger partial charge in [0.05, 0.1) is 12.9 Å². The highest BCUT2D eigenvalue weighted by Crippen LogP contribution is 2.35. The second kappa shape index (κ2) is 6.74. The number of hydrogen-bond acceptors (Lipinski definition) is 5. The van der Waals surface area contributed by atoms with Gasteiger partial charge in [-0.15, -0.1) is 10.2 Å². The number of imidazole rings is 1. The Balaban J connectivity index is 1.30. The van der Waals surface area contributed by atoms with E-state index in [0.29, 0.717) is 12.5 Å². The zero-order valence-corrected chi connectivity index (χ0v) is 14.9. The third-order valence-electron chi connectivity index (χ3n) is 4.97. The highest BCUT2D eigenvalue weighted by atomic mass is 16.2. The molecule has 9 nitrogen and oxygen atoms in total. The van der Waals surface area contributed by atoms with Crippen LogP contribution in [0.4, 0.5) is 0 Å². The molecule has 1 aliphatic rings. The maximum absolute atomic E-state index is 12.1. The Morgan fingerprint density at radius 3 is 2.85 bits per heavy atom. The highest BCUT2D eigenvalue weighted by Gasteiger charge is 2.34. The Morgan fingerprint density at radius 1 is 1.31 bits per heavy atom. The van der Waals surface area contributed by atoms with Crippen LogP contribution < -0.4 is 5.32 Å². The largest absolute Gasteiger partial charge is 0.352 e. The normalized spacial score (nSPS) is 19.3. The Labute approximate surface area is 151 Å². The van der Waals surface area contributed by atoms with E-state index in [0.717, 1.165) is 30.2 Å². The summed E-state index contributed by atoms with van der Waals surface area (Å²) in [6.07, 6.45) is 8.91. The van der Waals surface area contributed by atoms with Crippen molar-refractivity contribution >= 4 is 5.91 Å². The van der Waals surface area contributed by atoms with Crippen molar-refractivity contribution in [2.45, 2.75) is 44.8 Å². The van der Waals surface area contributed by atoms with Crippen molar-refractivity contribution in [2.75, 3.05) is 0 Å². The topological polar surface area (TPSA) is 95.4 Å². The molecule has 26 heavy (non-hydrogen) atoms. The Morgan fingerprint density at radius 2 is 2.15 bits per heavy atom. The lowest BCUT2D eigenvalue weighted by atomic mass is 9.79. The summed E-state index contributed by atoms with van der Waals surface area (Å²) in [4.78, 5) is 16.2. The predicted octanol–water partition coefficient (Wildman–Crippen LogP) is 0.627. The fraction of sp³-hybridized carbons (Fsp3) is 0.471. The molecule has 0 spiro atoms. The standard InChI is InChI=1S/C17H22N8O/c1-12-3-4-19-25(12)10-16(26)20-14-7-13(8-14)17-22-21-15(23(17)2)9-24-6-5-18-11-24/h3-6,11,13-14H,7-10H2,1-2H3,(H,20,26). The van der Waals surface area contributed by atoms with Crippen LogP contribution in [0.25, 0.3) is 0 Å². The van der Waals surface area contributed by atoms with E-state index in [1.54, 1.807) is 23.4 Å². The number of nitrogens with zero attached hydrogens (tertiary/aromatic N) is 7. The van der Waals surface area contributed by atoms with Gasteiger partial charge in [0.25, 0.3) is 0 Å². The molecule has 136 valence electrons. The van der Waals surface area contributed by atoms with Gasteiger partial charge >= 0.3 is 0 Å². The van der Waals surface area contributed by atoms with E-state index in [1.165, 1.54) is 0 Å². The summed E-state index contributed by atoms with van der Waals surface area (Å²) in [5.41, 5.74) is 0.983. The lowest BCUT2D eigenvalue weighted by molar-refractivity contribution is -0.123. The van der Waals surface area contributed by atoms with Crippen LogP contribution in [0.15, 0.2) is 31.0 Å². The molecule has 0 aliphatic heterocycles. The van der Waals surface area contributed by atoms with Crippen LogP contribution in [0.1, 0.15) is 36.1 Å². The summed E-state index contributed by atoms with van der Waals surface area (Å²) in [5.74, 6) is 2.22. The maximum atomic E-state index is 12.1. The summed E-state index contributed by atoms with van der Waals surface area (Å²) in [6.45, 7) is 2.85. The smallest absolute Gasteiger partial charge is 0.241 e. The summed E-state index contributed by atoms with van der Waals surface area (Å²) in [7, 11) is 1.99. The fourth-order valence-electron chi connectivity index (χ4n) is 3.33. The zero-order chi connectivity index (χ0) is 18.1. The van der Waals surface area contributed by atoms with Crippen LogP contribution in [0.2, 0.25) is 0 Å². The molecule has 1 saturated carbocycles. The summed E-state index contributed by atoms with van der Waals surface area (Å²) in [6, 6.07) is 2.08. The number of aryl methyl sites for hydroxylation is 1. The molecular weight excluding hydrogens is 332 g/mol. The van der Waals surface area contributed by atoms with Gasteiger partial charge in [-0.05, 0) is 25.8 Å². The third-order valence-corrected chi connectivity index (χ3v) is 4.97. The zero-order valence-electron chi connectivity index (χ0n) is 14.9. The second-order valence-corrected chi connectivity index (χ2v) is 6.83. The number of rotatable bonds is 6. The van der Waals surface area contributed by atoms with Crippen molar-refractivity contribution in [2.24, 2.45) is 7.05 Å². The fourth-order valence-corrected chi connectivity index (χ4v) is 3.33. The Bertz CT molecular complexity index is 888. The molecule has 0 aromatic carbocycles. The number of amides is 1. The van der Waals surface area contributed by atoms with Gasteiger partial charge in [-0.1, -0.05) is 0 Å². The monoisotopic (exact) mass is 354 g/mol. The molecule has 0 unspecified atom stereocenters. The molecule has 0 atom stereocenters. The van der Waals surface area contributed by atoms with Gasteiger partial charge in [0.1, 0.15) is 12.4 Å². The summed E-state index contributed by atoms with van der Waals surface area (Å²) >= 11 is 0. The van der Waals surface area contributed by atoms with Crippen molar-refractivity contribution in [1.29, 1.82) is 0 Å².